The van der Waals surface area contributed by atoms with E-state index in [1.807, 2.05) is 0 Å². The lowest BCUT2D eigenvalue weighted by molar-refractivity contribution is -0.122. The molecule has 0 amide bonds. The Labute approximate surface area is 89.9 Å². The van der Waals surface area contributed by atoms with E-state index >= 15 is 0 Å². The third-order valence-corrected chi connectivity index (χ3v) is 3.58. The van der Waals surface area contributed by atoms with Crippen LogP contribution in [0.25, 0.3) is 0 Å². The molecule has 1 unspecified atom stereocenters. The Morgan fingerprint density at radius 1 is 1.13 bits per heavy atom. The van der Waals surface area contributed by atoms with Gasteiger partial charge in [0.25, 0.3) is 0 Å². The Morgan fingerprint density at radius 3 is 2.33 bits per heavy atom. The third-order valence-electron chi connectivity index (χ3n) is 3.58. The molecule has 1 saturated carbocycles. The first-order valence-corrected chi connectivity index (χ1v) is 5.68. The quantitative estimate of drug-likeness (QED) is 0.693. The Kier molecular flexibility index (Phi) is 2.10. The lowest BCUT2D eigenvalue weighted by Crippen LogP contribution is -2.33. The molecule has 3 rings (SSSR count). The summed E-state index contributed by atoms with van der Waals surface area (Å²) in [5.41, 5.74) is 2.80. The fraction of sp³-hybridized carbons (Fsp3) is 0.462. The summed E-state index contributed by atoms with van der Waals surface area (Å²) in [5, 5.41) is 0. The van der Waals surface area contributed by atoms with Gasteiger partial charge in [-0.1, -0.05) is 24.3 Å². The Balaban J connectivity index is 1.81. The van der Waals surface area contributed by atoms with Gasteiger partial charge in [-0.3, -0.25) is 9.69 Å². The van der Waals surface area contributed by atoms with Gasteiger partial charge in [-0.15, -0.1) is 0 Å². The Hall–Kier alpha value is -1.15. The van der Waals surface area contributed by atoms with E-state index in [1.54, 1.807) is 0 Å². The molecule has 1 aliphatic heterocycles. The number of hydrogen-bond acceptors (Lipinski definition) is 2. The number of nitrogens with zero attached hydrogens (tertiary/aromatic N) is 1. The first-order valence-electron chi connectivity index (χ1n) is 5.68. The second-order valence-electron chi connectivity index (χ2n) is 4.55. The molecule has 1 aromatic carbocycles. The molecule has 2 nitrogen and oxygen atoms in total. The highest BCUT2D eigenvalue weighted by Crippen LogP contribution is 2.29. The molecule has 0 radical (unpaired) electrons. The molecular weight excluding hydrogens is 186 g/mol. The van der Waals surface area contributed by atoms with Gasteiger partial charge < -0.3 is 0 Å². The maximum atomic E-state index is 11.7. The van der Waals surface area contributed by atoms with Crippen molar-refractivity contribution in [2.45, 2.75) is 38.4 Å². The van der Waals surface area contributed by atoms with Gasteiger partial charge in [0.05, 0.1) is 6.04 Å². The first kappa shape index (κ1) is 9.10. The van der Waals surface area contributed by atoms with Gasteiger partial charge in [-0.2, -0.15) is 0 Å². The minimum Gasteiger partial charge on any atom is -0.298 e. The van der Waals surface area contributed by atoms with Crippen molar-refractivity contribution >= 4 is 5.78 Å². The van der Waals surface area contributed by atoms with Crippen molar-refractivity contribution in [3.63, 3.8) is 0 Å². The summed E-state index contributed by atoms with van der Waals surface area (Å²) >= 11 is 0. The number of rotatable bonds is 1. The SMILES string of the molecule is O=C1CCCC1N1Cc2ccccc2C1. The van der Waals surface area contributed by atoms with Gasteiger partial charge in [0.2, 0.25) is 0 Å². The summed E-state index contributed by atoms with van der Waals surface area (Å²) in [5.74, 6) is 0.447. The summed E-state index contributed by atoms with van der Waals surface area (Å²) in [7, 11) is 0. The molecule has 0 spiro atoms. The first-order chi connectivity index (χ1) is 7.34. The lowest BCUT2D eigenvalue weighted by Gasteiger charge is -2.21. The monoisotopic (exact) mass is 201 g/mol. The highest BCUT2D eigenvalue weighted by atomic mass is 16.1. The predicted molar refractivity (Wildman–Crippen MR) is 58.3 cm³/mol. The van der Waals surface area contributed by atoms with Gasteiger partial charge >= 0.3 is 0 Å². The van der Waals surface area contributed by atoms with Crippen LogP contribution in [0.3, 0.4) is 0 Å². The van der Waals surface area contributed by atoms with Crippen molar-refractivity contribution in [2.75, 3.05) is 0 Å². The standard InChI is InChI=1S/C13H15NO/c15-13-7-3-6-12(13)14-8-10-4-1-2-5-11(10)9-14/h1-2,4-5,12H,3,6-9H2. The summed E-state index contributed by atoms with van der Waals surface area (Å²) in [6.45, 7) is 1.93. The van der Waals surface area contributed by atoms with Crippen molar-refractivity contribution in [2.24, 2.45) is 0 Å². The van der Waals surface area contributed by atoms with Crippen molar-refractivity contribution in [3.8, 4) is 0 Å². The highest BCUT2D eigenvalue weighted by molar-refractivity contribution is 5.86. The van der Waals surface area contributed by atoms with Crippen LogP contribution in [0.4, 0.5) is 0 Å². The van der Waals surface area contributed by atoms with Crippen molar-refractivity contribution < 1.29 is 4.79 Å². The van der Waals surface area contributed by atoms with Crippen LogP contribution in [0, 0.1) is 0 Å². The van der Waals surface area contributed by atoms with E-state index in [9.17, 15) is 4.79 Å². The largest absolute Gasteiger partial charge is 0.298 e. The van der Waals surface area contributed by atoms with Crippen LogP contribution >= 0.6 is 0 Å². The molecule has 0 N–H and O–H groups in total. The van der Waals surface area contributed by atoms with Crippen LogP contribution in [-0.2, 0) is 17.9 Å². The minimum absolute atomic E-state index is 0.206. The van der Waals surface area contributed by atoms with Crippen molar-refractivity contribution in [3.05, 3.63) is 35.4 Å². The second kappa shape index (κ2) is 3.46. The molecule has 1 heterocycles. The number of fused-ring (bicyclic) bond motifs is 1. The van der Waals surface area contributed by atoms with Crippen LogP contribution in [0.5, 0.6) is 0 Å². The number of Topliss-reactive ketones (excluding diaryl/α,β-unsaturated/α-hetero) is 1. The van der Waals surface area contributed by atoms with E-state index in [0.717, 1.165) is 32.4 Å². The maximum absolute atomic E-state index is 11.7. The smallest absolute Gasteiger partial charge is 0.149 e. The third kappa shape index (κ3) is 1.49. The summed E-state index contributed by atoms with van der Waals surface area (Å²) in [4.78, 5) is 14.0. The van der Waals surface area contributed by atoms with E-state index in [4.69, 9.17) is 0 Å². The lowest BCUT2D eigenvalue weighted by atomic mass is 10.1. The Morgan fingerprint density at radius 2 is 1.80 bits per heavy atom. The van der Waals surface area contributed by atoms with Gasteiger partial charge in [0, 0.05) is 19.5 Å². The second-order valence-corrected chi connectivity index (χ2v) is 4.55. The molecule has 78 valence electrons. The molecule has 0 aromatic heterocycles. The van der Waals surface area contributed by atoms with Crippen LogP contribution in [-0.4, -0.2) is 16.7 Å². The van der Waals surface area contributed by atoms with Crippen LogP contribution in [0.15, 0.2) is 24.3 Å². The summed E-state index contributed by atoms with van der Waals surface area (Å²) in [6.07, 6.45) is 2.93. The van der Waals surface area contributed by atoms with E-state index in [2.05, 4.69) is 29.2 Å². The predicted octanol–water partition coefficient (Wildman–Crippen LogP) is 2.12. The molecule has 1 fully saturated rings. The van der Waals surface area contributed by atoms with Crippen LogP contribution < -0.4 is 0 Å². The summed E-state index contributed by atoms with van der Waals surface area (Å²) in [6, 6.07) is 8.72. The highest BCUT2D eigenvalue weighted by Gasteiger charge is 2.33. The van der Waals surface area contributed by atoms with E-state index in [0.29, 0.717) is 5.78 Å². The molecular formula is C13H15NO. The zero-order chi connectivity index (χ0) is 10.3. The van der Waals surface area contributed by atoms with E-state index in [1.165, 1.54) is 11.1 Å². The van der Waals surface area contributed by atoms with E-state index < -0.39 is 0 Å². The van der Waals surface area contributed by atoms with Gasteiger partial charge in [0.1, 0.15) is 5.78 Å². The fourth-order valence-corrected chi connectivity index (χ4v) is 2.76. The van der Waals surface area contributed by atoms with Crippen molar-refractivity contribution in [1.29, 1.82) is 0 Å². The molecule has 15 heavy (non-hydrogen) atoms. The summed E-state index contributed by atoms with van der Waals surface area (Å²) < 4.78 is 0. The number of benzene rings is 1. The maximum Gasteiger partial charge on any atom is 0.149 e. The number of ketones is 1. The number of carbonyl (C=O) groups is 1. The molecule has 2 heteroatoms. The Bertz CT molecular complexity index is 374. The number of hydrogen-bond donors (Lipinski definition) is 0. The normalized spacial score (nSPS) is 25.9. The molecule has 2 aliphatic rings. The van der Waals surface area contributed by atoms with Crippen molar-refractivity contribution in [1.82, 2.24) is 4.90 Å². The number of carbonyl (C=O) groups excluding carboxylic acids is 1. The zero-order valence-electron chi connectivity index (χ0n) is 8.78. The average Bonchev–Trinajstić information content (AvgIpc) is 2.82. The van der Waals surface area contributed by atoms with Gasteiger partial charge in [-0.05, 0) is 24.0 Å². The van der Waals surface area contributed by atoms with Gasteiger partial charge in [0.15, 0.2) is 0 Å². The fourth-order valence-electron chi connectivity index (χ4n) is 2.76. The zero-order valence-corrected chi connectivity index (χ0v) is 8.78. The molecule has 1 aromatic rings. The topological polar surface area (TPSA) is 20.3 Å². The molecule has 1 atom stereocenters. The van der Waals surface area contributed by atoms with Gasteiger partial charge in [-0.25, -0.2) is 0 Å². The average molecular weight is 201 g/mol. The molecule has 0 saturated heterocycles. The van der Waals surface area contributed by atoms with Crippen LogP contribution in [0.2, 0.25) is 0 Å². The van der Waals surface area contributed by atoms with Crippen LogP contribution in [0.1, 0.15) is 30.4 Å². The van der Waals surface area contributed by atoms with E-state index in [-0.39, 0.29) is 6.04 Å². The molecule has 1 aliphatic carbocycles. The molecule has 0 bridgehead atoms. The minimum atomic E-state index is 0.206.